The van der Waals surface area contributed by atoms with Crippen molar-refractivity contribution in [3.8, 4) is 17.0 Å². The highest BCUT2D eigenvalue weighted by Crippen LogP contribution is 2.34. The van der Waals surface area contributed by atoms with E-state index in [4.69, 9.17) is 9.47 Å². The number of aromatic nitrogens is 6. The van der Waals surface area contributed by atoms with Crippen LogP contribution < -0.4 is 10.1 Å². The highest BCUT2D eigenvalue weighted by molar-refractivity contribution is 5.84. The fraction of sp³-hybridized carbons (Fsp3) is 0.429. The summed E-state index contributed by atoms with van der Waals surface area (Å²) in [5, 5.41) is 7.28. The van der Waals surface area contributed by atoms with E-state index >= 15 is 0 Å². The number of piperidine rings is 1. The maximum Gasteiger partial charge on any atom is 0.280 e. The first-order chi connectivity index (χ1) is 16.0. The molecule has 0 aromatic carbocycles. The van der Waals surface area contributed by atoms with Crippen LogP contribution in [0.1, 0.15) is 6.42 Å². The summed E-state index contributed by atoms with van der Waals surface area (Å²) in [7, 11) is 1.49. The number of halogens is 2. The Hall–Kier alpha value is -3.38. The number of anilines is 1. The van der Waals surface area contributed by atoms with E-state index in [0.717, 1.165) is 11.1 Å². The molecule has 0 amide bonds. The molecule has 0 aliphatic carbocycles. The summed E-state index contributed by atoms with van der Waals surface area (Å²) in [6.07, 6.45) is 9.12. The maximum absolute atomic E-state index is 14.9. The molecule has 172 valence electrons. The topological polar surface area (TPSA) is 94.1 Å². The minimum atomic E-state index is -2.92. The Labute approximate surface area is 187 Å². The Morgan fingerprint density at radius 1 is 1.24 bits per heavy atom. The van der Waals surface area contributed by atoms with E-state index in [-0.39, 0.29) is 30.8 Å². The Morgan fingerprint density at radius 3 is 2.88 bits per heavy atom. The molecule has 12 heteroatoms. The van der Waals surface area contributed by atoms with Gasteiger partial charge in [-0.05, 0) is 12.5 Å². The summed E-state index contributed by atoms with van der Waals surface area (Å²) in [6, 6.07) is 0.878. The van der Waals surface area contributed by atoms with Gasteiger partial charge in [-0.15, -0.1) is 5.10 Å². The molecular weight excluding hydrogens is 434 g/mol. The molecule has 2 saturated heterocycles. The first-order valence-electron chi connectivity index (χ1n) is 10.7. The van der Waals surface area contributed by atoms with Crippen LogP contribution in [0.4, 0.5) is 14.7 Å². The van der Waals surface area contributed by atoms with Gasteiger partial charge >= 0.3 is 0 Å². The van der Waals surface area contributed by atoms with Crippen molar-refractivity contribution >= 4 is 17.2 Å². The average molecular weight is 456 g/mol. The Balaban J connectivity index is 1.30. The number of ether oxygens (including phenoxy) is 2. The van der Waals surface area contributed by atoms with Crippen molar-refractivity contribution in [3.63, 3.8) is 0 Å². The van der Waals surface area contributed by atoms with E-state index in [1.165, 1.54) is 7.11 Å². The summed E-state index contributed by atoms with van der Waals surface area (Å²) in [6.45, 7) is 1.29. The SMILES string of the molecule is COc1nc(NC2CCN(C3COC3)CC2(F)F)nn2ccc(-c3cnc4nccn4c3)c12. The summed E-state index contributed by atoms with van der Waals surface area (Å²) in [5.41, 5.74) is 2.25. The van der Waals surface area contributed by atoms with Crippen molar-refractivity contribution in [2.45, 2.75) is 24.4 Å². The van der Waals surface area contributed by atoms with E-state index in [1.807, 2.05) is 22.9 Å². The third-order valence-corrected chi connectivity index (χ3v) is 6.30. The van der Waals surface area contributed by atoms with Crippen LogP contribution in [-0.2, 0) is 4.74 Å². The molecular formula is C21H22F2N8O2. The smallest absolute Gasteiger partial charge is 0.280 e. The highest BCUT2D eigenvalue weighted by Gasteiger charge is 2.47. The van der Waals surface area contributed by atoms with Crippen LogP contribution in [-0.4, -0.2) is 85.3 Å². The van der Waals surface area contributed by atoms with Crippen molar-refractivity contribution in [1.82, 2.24) is 33.9 Å². The van der Waals surface area contributed by atoms with Gasteiger partial charge in [0, 0.05) is 48.7 Å². The highest BCUT2D eigenvalue weighted by atomic mass is 19.3. The maximum atomic E-state index is 14.9. The quantitative estimate of drug-likeness (QED) is 0.487. The summed E-state index contributed by atoms with van der Waals surface area (Å²) in [4.78, 5) is 14.7. The van der Waals surface area contributed by atoms with E-state index in [2.05, 4.69) is 25.4 Å². The molecule has 0 radical (unpaired) electrons. The number of hydrogen-bond acceptors (Lipinski definition) is 8. The lowest BCUT2D eigenvalue weighted by molar-refractivity contribution is -0.131. The molecule has 33 heavy (non-hydrogen) atoms. The zero-order chi connectivity index (χ0) is 22.6. The molecule has 2 aliphatic rings. The van der Waals surface area contributed by atoms with Crippen LogP contribution >= 0.6 is 0 Å². The fourth-order valence-corrected chi connectivity index (χ4v) is 4.43. The second-order valence-electron chi connectivity index (χ2n) is 8.35. The van der Waals surface area contributed by atoms with Crippen molar-refractivity contribution in [3.05, 3.63) is 37.1 Å². The number of likely N-dealkylation sites (tertiary alicyclic amines) is 1. The lowest BCUT2D eigenvalue weighted by Crippen LogP contribution is -2.61. The summed E-state index contributed by atoms with van der Waals surface area (Å²) < 4.78 is 43.8. The minimum absolute atomic E-state index is 0.0823. The number of nitrogens with zero attached hydrogens (tertiary/aromatic N) is 7. The van der Waals surface area contributed by atoms with Gasteiger partial charge in [0.05, 0.1) is 39.0 Å². The minimum Gasteiger partial charge on any atom is -0.479 e. The molecule has 4 aromatic heterocycles. The summed E-state index contributed by atoms with van der Waals surface area (Å²) in [5.74, 6) is -1.96. The largest absolute Gasteiger partial charge is 0.479 e. The number of imidazole rings is 1. The number of hydrogen-bond donors (Lipinski definition) is 1. The fourth-order valence-electron chi connectivity index (χ4n) is 4.43. The van der Waals surface area contributed by atoms with Gasteiger partial charge in [0.25, 0.3) is 5.92 Å². The van der Waals surface area contributed by atoms with Crippen LogP contribution in [0.3, 0.4) is 0 Å². The van der Waals surface area contributed by atoms with E-state index in [1.54, 1.807) is 28.0 Å². The van der Waals surface area contributed by atoms with E-state index in [0.29, 0.717) is 31.1 Å². The molecule has 2 fully saturated rings. The Bertz CT molecular complexity index is 1320. The molecule has 6 heterocycles. The third-order valence-electron chi connectivity index (χ3n) is 6.30. The number of nitrogens with one attached hydrogen (secondary N) is 1. The van der Waals surface area contributed by atoms with Gasteiger partial charge in [-0.2, -0.15) is 4.98 Å². The number of alkyl halides is 2. The van der Waals surface area contributed by atoms with Gasteiger partial charge < -0.3 is 14.8 Å². The normalized spacial score (nSPS) is 21.4. The third kappa shape index (κ3) is 3.45. The lowest BCUT2D eigenvalue weighted by atomic mass is 9.98. The predicted molar refractivity (Wildman–Crippen MR) is 115 cm³/mol. The van der Waals surface area contributed by atoms with Gasteiger partial charge in [-0.25, -0.2) is 23.3 Å². The lowest BCUT2D eigenvalue weighted by Gasteiger charge is -2.44. The average Bonchev–Trinajstić information content (AvgIpc) is 3.39. The van der Waals surface area contributed by atoms with Crippen molar-refractivity contribution < 1.29 is 18.3 Å². The van der Waals surface area contributed by atoms with Crippen molar-refractivity contribution in [2.24, 2.45) is 0 Å². The van der Waals surface area contributed by atoms with Gasteiger partial charge in [-0.1, -0.05) is 0 Å². The van der Waals surface area contributed by atoms with Crippen LogP contribution in [0, 0.1) is 0 Å². The van der Waals surface area contributed by atoms with Gasteiger partial charge in [0.1, 0.15) is 5.52 Å². The molecule has 2 aliphatic heterocycles. The molecule has 0 saturated carbocycles. The zero-order valence-electron chi connectivity index (χ0n) is 17.9. The first kappa shape index (κ1) is 20.2. The van der Waals surface area contributed by atoms with Gasteiger partial charge in [-0.3, -0.25) is 9.30 Å². The van der Waals surface area contributed by atoms with E-state index in [9.17, 15) is 8.78 Å². The molecule has 10 nitrogen and oxygen atoms in total. The van der Waals surface area contributed by atoms with E-state index < -0.39 is 12.0 Å². The molecule has 1 unspecified atom stereocenters. The zero-order valence-corrected chi connectivity index (χ0v) is 17.9. The predicted octanol–water partition coefficient (Wildman–Crippen LogP) is 1.97. The standard InChI is InChI=1S/C21H22F2N8O2/c1-32-18-17-15(13-8-25-20-24-4-7-29(20)9-13)2-6-31(17)28-19(27-18)26-16-3-5-30(12-21(16,22)23)14-10-33-11-14/h2,4,6-9,14,16H,3,5,10-12H2,1H3,(H,26,28). The monoisotopic (exact) mass is 456 g/mol. The van der Waals surface area contributed by atoms with Crippen LogP contribution in [0.25, 0.3) is 22.4 Å². The second kappa shape index (κ2) is 7.59. The first-order valence-corrected chi connectivity index (χ1v) is 10.7. The summed E-state index contributed by atoms with van der Waals surface area (Å²) >= 11 is 0. The van der Waals surface area contributed by atoms with Crippen LogP contribution in [0.2, 0.25) is 0 Å². The van der Waals surface area contributed by atoms with Gasteiger partial charge in [0.2, 0.25) is 17.6 Å². The Morgan fingerprint density at radius 2 is 2.12 bits per heavy atom. The second-order valence-corrected chi connectivity index (χ2v) is 8.35. The number of methoxy groups -OCH3 is 1. The van der Waals surface area contributed by atoms with Crippen LogP contribution in [0.15, 0.2) is 37.1 Å². The molecule has 1 N–H and O–H groups in total. The molecule has 1 atom stereocenters. The van der Waals surface area contributed by atoms with Crippen molar-refractivity contribution in [1.29, 1.82) is 0 Å². The molecule has 0 bridgehead atoms. The number of fused-ring (bicyclic) bond motifs is 2. The van der Waals surface area contributed by atoms with Crippen LogP contribution in [0.5, 0.6) is 5.88 Å². The molecule has 0 spiro atoms. The Kier molecular flexibility index (Phi) is 4.66. The molecule has 4 aromatic rings. The van der Waals surface area contributed by atoms with Gasteiger partial charge in [0.15, 0.2) is 0 Å². The molecule has 6 rings (SSSR count). The van der Waals surface area contributed by atoms with Crippen molar-refractivity contribution in [2.75, 3.05) is 38.7 Å². The number of rotatable bonds is 5.